The summed E-state index contributed by atoms with van der Waals surface area (Å²) in [5, 5.41) is 5.10. The van der Waals surface area contributed by atoms with Crippen molar-refractivity contribution >= 4 is 40.0 Å². The number of amides is 1. The number of rotatable bonds is 6. The summed E-state index contributed by atoms with van der Waals surface area (Å²) < 4.78 is 44.1. The van der Waals surface area contributed by atoms with Gasteiger partial charge in [0.05, 0.1) is 11.4 Å². The predicted octanol–water partition coefficient (Wildman–Crippen LogP) is 3.42. The molecule has 2 aromatic carbocycles. The SMILES string of the molecule is C=CC(=O)Nc1cc(F)cc(-c2nc3nc(Nc4ccc(N5CCN(C)CC5)c(F)c4F)ncc3c(=O)[nH]2)c1. The molecule has 3 heterocycles. The number of H-pyrrole nitrogens is 1. The Morgan fingerprint density at radius 2 is 1.85 bits per heavy atom. The Morgan fingerprint density at radius 3 is 2.59 bits per heavy atom. The number of carbonyl (C=O) groups is 1. The van der Waals surface area contributed by atoms with Crippen LogP contribution in [0.25, 0.3) is 22.4 Å². The summed E-state index contributed by atoms with van der Waals surface area (Å²) in [5.74, 6) is -3.47. The summed E-state index contributed by atoms with van der Waals surface area (Å²) in [6, 6.07) is 6.50. The quantitative estimate of drug-likeness (QED) is 0.321. The lowest BCUT2D eigenvalue weighted by atomic mass is 10.1. The first-order valence-corrected chi connectivity index (χ1v) is 11.9. The molecule has 39 heavy (non-hydrogen) atoms. The number of likely N-dealkylation sites (N-methyl/N-ethyl adjacent to an activating group) is 1. The highest BCUT2D eigenvalue weighted by atomic mass is 19.2. The maximum absolute atomic E-state index is 15.0. The maximum Gasteiger partial charge on any atom is 0.262 e. The number of fused-ring (bicyclic) bond motifs is 1. The molecule has 0 spiro atoms. The molecule has 0 aliphatic carbocycles. The number of benzene rings is 2. The molecule has 200 valence electrons. The minimum absolute atomic E-state index is 0.0259. The zero-order valence-electron chi connectivity index (χ0n) is 20.8. The Kier molecular flexibility index (Phi) is 6.98. The smallest absolute Gasteiger partial charge is 0.262 e. The predicted molar refractivity (Wildman–Crippen MR) is 142 cm³/mol. The van der Waals surface area contributed by atoms with E-state index >= 15 is 0 Å². The molecule has 0 radical (unpaired) electrons. The van der Waals surface area contributed by atoms with Crippen LogP contribution in [-0.2, 0) is 4.79 Å². The Bertz CT molecular complexity index is 1650. The van der Waals surface area contributed by atoms with E-state index in [1.54, 1.807) is 4.90 Å². The van der Waals surface area contributed by atoms with Crippen LogP contribution in [0.3, 0.4) is 0 Å². The summed E-state index contributed by atoms with van der Waals surface area (Å²) in [6.07, 6.45) is 2.22. The monoisotopic (exact) mass is 536 g/mol. The second kappa shape index (κ2) is 10.5. The standard InChI is InChI=1S/C26H23F3N8O2/c1-3-20(38)31-16-11-14(10-15(27)12-16)23-33-24-17(25(39)34-23)13-30-26(35-24)32-18-4-5-19(22(29)21(18)28)37-8-6-36(2)7-9-37/h3-5,10-13H,1,6-9H2,2H3,(H,31,38)(H2,30,32,33,34,35,39). The van der Waals surface area contributed by atoms with Gasteiger partial charge in [0.2, 0.25) is 11.9 Å². The summed E-state index contributed by atoms with van der Waals surface area (Å²) in [4.78, 5) is 43.2. The van der Waals surface area contributed by atoms with Crippen molar-refractivity contribution in [1.82, 2.24) is 24.8 Å². The normalized spacial score (nSPS) is 13.9. The molecule has 4 aromatic rings. The first kappa shape index (κ1) is 25.9. The molecule has 0 unspecified atom stereocenters. The number of aromatic amines is 1. The molecular weight excluding hydrogens is 513 g/mol. The number of hydrogen-bond donors (Lipinski definition) is 3. The first-order valence-electron chi connectivity index (χ1n) is 11.9. The van der Waals surface area contributed by atoms with E-state index in [0.29, 0.717) is 13.1 Å². The summed E-state index contributed by atoms with van der Waals surface area (Å²) in [7, 11) is 1.97. The zero-order chi connectivity index (χ0) is 27.7. The van der Waals surface area contributed by atoms with E-state index in [4.69, 9.17) is 0 Å². The molecule has 3 N–H and O–H groups in total. The Morgan fingerprint density at radius 1 is 1.08 bits per heavy atom. The zero-order valence-corrected chi connectivity index (χ0v) is 20.8. The first-order chi connectivity index (χ1) is 18.7. The van der Waals surface area contributed by atoms with E-state index in [9.17, 15) is 22.8 Å². The lowest BCUT2D eigenvalue weighted by Crippen LogP contribution is -2.44. The van der Waals surface area contributed by atoms with Gasteiger partial charge < -0.3 is 25.4 Å². The van der Waals surface area contributed by atoms with E-state index in [-0.39, 0.29) is 45.4 Å². The van der Waals surface area contributed by atoms with Gasteiger partial charge in [0, 0.05) is 43.6 Å². The summed E-state index contributed by atoms with van der Waals surface area (Å²) in [6.45, 7) is 5.97. The van der Waals surface area contributed by atoms with E-state index in [1.165, 1.54) is 24.4 Å². The van der Waals surface area contributed by atoms with Crippen molar-refractivity contribution in [2.24, 2.45) is 0 Å². The third-order valence-corrected chi connectivity index (χ3v) is 6.24. The lowest BCUT2D eigenvalue weighted by Gasteiger charge is -2.34. The summed E-state index contributed by atoms with van der Waals surface area (Å²) >= 11 is 0. The highest BCUT2D eigenvalue weighted by molar-refractivity contribution is 5.99. The maximum atomic E-state index is 15.0. The van der Waals surface area contributed by atoms with Crippen molar-refractivity contribution in [3.8, 4) is 11.4 Å². The highest BCUT2D eigenvalue weighted by Crippen LogP contribution is 2.29. The van der Waals surface area contributed by atoms with Crippen LogP contribution in [0.1, 0.15) is 0 Å². The van der Waals surface area contributed by atoms with Gasteiger partial charge in [0.1, 0.15) is 17.0 Å². The van der Waals surface area contributed by atoms with E-state index in [0.717, 1.165) is 31.3 Å². The number of piperazine rings is 1. The van der Waals surface area contributed by atoms with Gasteiger partial charge in [-0.3, -0.25) is 9.59 Å². The van der Waals surface area contributed by atoms with Crippen molar-refractivity contribution in [3.05, 3.63) is 77.0 Å². The van der Waals surface area contributed by atoms with Crippen molar-refractivity contribution in [1.29, 1.82) is 0 Å². The second-order valence-electron chi connectivity index (χ2n) is 8.94. The number of halogens is 3. The third-order valence-electron chi connectivity index (χ3n) is 6.24. The van der Waals surface area contributed by atoms with E-state index in [1.807, 2.05) is 7.05 Å². The van der Waals surface area contributed by atoms with Gasteiger partial charge in [-0.25, -0.2) is 23.1 Å². The molecule has 0 saturated carbocycles. The Balaban J connectivity index is 1.45. The van der Waals surface area contributed by atoms with Crippen LogP contribution in [0.15, 0.2) is 54.0 Å². The number of hydrogen-bond acceptors (Lipinski definition) is 8. The molecule has 1 fully saturated rings. The molecule has 1 saturated heterocycles. The van der Waals surface area contributed by atoms with Crippen LogP contribution in [0.4, 0.5) is 36.2 Å². The number of carbonyl (C=O) groups excluding carboxylic acids is 1. The van der Waals surface area contributed by atoms with Crippen molar-refractivity contribution in [3.63, 3.8) is 0 Å². The number of nitrogens with zero attached hydrogens (tertiary/aromatic N) is 5. The van der Waals surface area contributed by atoms with Crippen molar-refractivity contribution < 1.29 is 18.0 Å². The highest BCUT2D eigenvalue weighted by Gasteiger charge is 2.22. The second-order valence-corrected chi connectivity index (χ2v) is 8.94. The molecule has 1 aliphatic rings. The molecule has 0 atom stereocenters. The largest absolute Gasteiger partial charge is 0.367 e. The number of aromatic nitrogens is 4. The molecular formula is C26H23F3N8O2. The van der Waals surface area contributed by atoms with Crippen molar-refractivity contribution in [2.75, 3.05) is 48.8 Å². The van der Waals surface area contributed by atoms with Crippen LogP contribution in [0.2, 0.25) is 0 Å². The number of nitrogens with one attached hydrogen (secondary N) is 3. The van der Waals surface area contributed by atoms with Crippen LogP contribution < -0.4 is 21.1 Å². The summed E-state index contributed by atoms with van der Waals surface area (Å²) in [5.41, 5.74) is -0.405. The average molecular weight is 537 g/mol. The van der Waals surface area contributed by atoms with Gasteiger partial charge in [0.15, 0.2) is 17.3 Å². The fourth-order valence-corrected chi connectivity index (χ4v) is 4.16. The molecule has 13 heteroatoms. The Labute approximate surface area is 220 Å². The molecule has 1 aliphatic heterocycles. The van der Waals surface area contributed by atoms with Gasteiger partial charge in [-0.2, -0.15) is 4.98 Å². The van der Waals surface area contributed by atoms with E-state index < -0.39 is 28.9 Å². The minimum atomic E-state index is -1.09. The molecule has 1 amide bonds. The van der Waals surface area contributed by atoms with Gasteiger partial charge in [-0.05, 0) is 43.5 Å². The van der Waals surface area contributed by atoms with E-state index in [2.05, 4.69) is 42.0 Å². The average Bonchev–Trinajstić information content (AvgIpc) is 2.91. The van der Waals surface area contributed by atoms with Gasteiger partial charge >= 0.3 is 0 Å². The van der Waals surface area contributed by atoms with Crippen LogP contribution in [0.5, 0.6) is 0 Å². The Hall–Kier alpha value is -4.78. The minimum Gasteiger partial charge on any atom is -0.367 e. The topological polar surface area (TPSA) is 119 Å². The van der Waals surface area contributed by atoms with Crippen LogP contribution in [0, 0.1) is 17.5 Å². The fraction of sp³-hybridized carbons (Fsp3) is 0.192. The van der Waals surface area contributed by atoms with Gasteiger partial charge in [-0.1, -0.05) is 6.58 Å². The fourth-order valence-electron chi connectivity index (χ4n) is 4.16. The van der Waals surface area contributed by atoms with Gasteiger partial charge in [0.25, 0.3) is 5.56 Å². The molecule has 2 aromatic heterocycles. The molecule has 5 rings (SSSR count). The molecule has 10 nitrogen and oxygen atoms in total. The van der Waals surface area contributed by atoms with Crippen LogP contribution >= 0.6 is 0 Å². The lowest BCUT2D eigenvalue weighted by molar-refractivity contribution is -0.111. The molecule has 0 bridgehead atoms. The van der Waals surface area contributed by atoms with Gasteiger partial charge in [-0.15, -0.1) is 0 Å². The number of anilines is 4. The van der Waals surface area contributed by atoms with Crippen LogP contribution in [-0.4, -0.2) is 64.0 Å². The van der Waals surface area contributed by atoms with Crippen molar-refractivity contribution in [2.45, 2.75) is 0 Å². The third kappa shape index (κ3) is 5.43.